The van der Waals surface area contributed by atoms with Crippen molar-refractivity contribution in [1.82, 2.24) is 0 Å². The van der Waals surface area contributed by atoms with Gasteiger partial charge >= 0.3 is 6.18 Å². The van der Waals surface area contributed by atoms with E-state index in [0.29, 0.717) is 6.42 Å². The monoisotopic (exact) mass is 254 g/mol. The molecule has 4 N–H and O–H groups in total. The third-order valence-corrected chi connectivity index (χ3v) is 2.40. The van der Waals surface area contributed by atoms with Crippen LogP contribution in [-0.2, 0) is 9.53 Å². The van der Waals surface area contributed by atoms with E-state index in [4.69, 9.17) is 16.2 Å². The number of primary amides is 1. The fourth-order valence-corrected chi connectivity index (χ4v) is 1.42. The lowest BCUT2D eigenvalue weighted by atomic mass is 9.94. The van der Waals surface area contributed by atoms with Crippen molar-refractivity contribution < 1.29 is 22.7 Å². The van der Waals surface area contributed by atoms with E-state index in [0.717, 1.165) is 6.08 Å². The number of nitrogens with two attached hydrogens (primary N) is 2. The third-order valence-electron chi connectivity index (χ3n) is 2.40. The molecule has 0 rings (SSSR count). The van der Waals surface area contributed by atoms with Crippen molar-refractivity contribution in [2.45, 2.75) is 32.0 Å². The quantitative estimate of drug-likeness (QED) is 0.750. The van der Waals surface area contributed by atoms with Crippen LogP contribution in [0.15, 0.2) is 11.8 Å². The van der Waals surface area contributed by atoms with Crippen LogP contribution >= 0.6 is 0 Å². The summed E-state index contributed by atoms with van der Waals surface area (Å²) in [4.78, 5) is 10.8. The summed E-state index contributed by atoms with van der Waals surface area (Å²) in [7, 11) is 1.26. The molecule has 0 saturated heterocycles. The Hall–Kier alpha value is -1.24. The Morgan fingerprint density at radius 2 is 1.94 bits per heavy atom. The number of methoxy groups -OCH3 is 1. The van der Waals surface area contributed by atoms with Crippen LogP contribution in [0.1, 0.15) is 19.8 Å². The van der Waals surface area contributed by atoms with E-state index in [9.17, 15) is 18.0 Å². The molecular weight excluding hydrogens is 237 g/mol. The van der Waals surface area contributed by atoms with Gasteiger partial charge in [0.05, 0.1) is 6.10 Å². The molecule has 7 heteroatoms. The first-order valence-electron chi connectivity index (χ1n) is 5.07. The van der Waals surface area contributed by atoms with Crippen molar-refractivity contribution in [3.8, 4) is 0 Å². The summed E-state index contributed by atoms with van der Waals surface area (Å²) in [5.41, 5.74) is 8.67. The molecule has 0 spiro atoms. The van der Waals surface area contributed by atoms with Crippen LogP contribution in [0, 0.1) is 5.92 Å². The largest absolute Gasteiger partial charge is 0.430 e. The van der Waals surface area contributed by atoms with Crippen molar-refractivity contribution >= 4 is 5.91 Å². The van der Waals surface area contributed by atoms with E-state index in [1.54, 1.807) is 6.92 Å². The normalized spacial score (nSPS) is 16.6. The van der Waals surface area contributed by atoms with Crippen LogP contribution < -0.4 is 11.5 Å². The maximum absolute atomic E-state index is 12.2. The fraction of sp³-hybridized carbons (Fsp3) is 0.700. The average molecular weight is 254 g/mol. The molecule has 0 bridgehead atoms. The standard InChI is InChI=1S/C10H17F3N2O2/c1-3-6(4-9(15)16)7(17-2)5-8(14)10(11,12)13/h5-7H,3-4,14H2,1-2H3,(H2,15,16)/b8-5-. The van der Waals surface area contributed by atoms with Gasteiger partial charge in [0.15, 0.2) is 0 Å². The number of carbonyl (C=O) groups is 1. The highest BCUT2D eigenvalue weighted by Crippen LogP contribution is 2.25. The van der Waals surface area contributed by atoms with E-state index in [1.165, 1.54) is 7.11 Å². The van der Waals surface area contributed by atoms with E-state index in [1.807, 2.05) is 0 Å². The van der Waals surface area contributed by atoms with Gasteiger partial charge in [-0.25, -0.2) is 0 Å². The first-order chi connectivity index (χ1) is 7.72. The minimum absolute atomic E-state index is 0.0450. The lowest BCUT2D eigenvalue weighted by Gasteiger charge is -2.22. The highest BCUT2D eigenvalue weighted by Gasteiger charge is 2.33. The molecular formula is C10H17F3N2O2. The van der Waals surface area contributed by atoms with Gasteiger partial charge in [-0.15, -0.1) is 0 Å². The van der Waals surface area contributed by atoms with Gasteiger partial charge in [-0.05, 0) is 12.0 Å². The molecule has 17 heavy (non-hydrogen) atoms. The summed E-state index contributed by atoms with van der Waals surface area (Å²) in [5.74, 6) is -1.00. The van der Waals surface area contributed by atoms with Crippen molar-refractivity contribution in [3.05, 3.63) is 11.8 Å². The SMILES string of the molecule is CCC(CC(N)=O)C(/C=C(\N)C(F)(F)F)OC. The average Bonchev–Trinajstić information content (AvgIpc) is 2.20. The van der Waals surface area contributed by atoms with Crippen LogP contribution in [0.4, 0.5) is 13.2 Å². The maximum atomic E-state index is 12.2. The first kappa shape index (κ1) is 15.8. The topological polar surface area (TPSA) is 78.3 Å². The van der Waals surface area contributed by atoms with Gasteiger partial charge in [0.25, 0.3) is 0 Å². The van der Waals surface area contributed by atoms with E-state index >= 15 is 0 Å². The Morgan fingerprint density at radius 3 is 2.24 bits per heavy atom. The second-order valence-electron chi connectivity index (χ2n) is 3.66. The predicted octanol–water partition coefficient (Wildman–Crippen LogP) is 1.31. The van der Waals surface area contributed by atoms with E-state index in [-0.39, 0.29) is 6.42 Å². The number of alkyl halides is 3. The highest BCUT2D eigenvalue weighted by molar-refractivity contribution is 5.74. The van der Waals surface area contributed by atoms with Gasteiger partial charge in [0.1, 0.15) is 5.70 Å². The number of hydrogen-bond donors (Lipinski definition) is 2. The van der Waals surface area contributed by atoms with Crippen LogP contribution in [-0.4, -0.2) is 25.3 Å². The first-order valence-corrected chi connectivity index (χ1v) is 5.07. The van der Waals surface area contributed by atoms with Crippen LogP contribution in [0.3, 0.4) is 0 Å². The summed E-state index contributed by atoms with van der Waals surface area (Å²) in [6.07, 6.45) is -4.28. The summed E-state index contributed by atoms with van der Waals surface area (Å²) >= 11 is 0. The minimum Gasteiger partial charge on any atom is -0.395 e. The Kier molecular flexibility index (Phi) is 6.01. The number of halogens is 3. The summed E-state index contributed by atoms with van der Waals surface area (Å²) in [5, 5.41) is 0. The molecule has 2 unspecified atom stereocenters. The van der Waals surface area contributed by atoms with Gasteiger partial charge in [0, 0.05) is 13.5 Å². The zero-order valence-electron chi connectivity index (χ0n) is 9.75. The molecule has 0 aliphatic carbocycles. The lowest BCUT2D eigenvalue weighted by molar-refractivity contribution is -0.119. The molecule has 4 nitrogen and oxygen atoms in total. The second-order valence-corrected chi connectivity index (χ2v) is 3.66. The van der Waals surface area contributed by atoms with Crippen molar-refractivity contribution in [2.24, 2.45) is 17.4 Å². The van der Waals surface area contributed by atoms with Crippen molar-refractivity contribution in [3.63, 3.8) is 0 Å². The molecule has 0 aliphatic rings. The Balaban J connectivity index is 4.87. The highest BCUT2D eigenvalue weighted by atomic mass is 19.4. The summed E-state index contributed by atoms with van der Waals surface area (Å²) in [6, 6.07) is 0. The number of amides is 1. The van der Waals surface area contributed by atoms with Crippen LogP contribution in [0.25, 0.3) is 0 Å². The molecule has 1 amide bonds. The zero-order chi connectivity index (χ0) is 13.6. The summed E-state index contributed by atoms with van der Waals surface area (Å²) in [6.45, 7) is 1.73. The maximum Gasteiger partial charge on any atom is 0.430 e. The summed E-state index contributed by atoms with van der Waals surface area (Å²) < 4.78 is 41.6. The lowest BCUT2D eigenvalue weighted by Crippen LogP contribution is -2.29. The predicted molar refractivity (Wildman–Crippen MR) is 56.7 cm³/mol. The number of hydrogen-bond acceptors (Lipinski definition) is 3. The second kappa shape index (κ2) is 6.48. The smallest absolute Gasteiger partial charge is 0.395 e. The van der Waals surface area contributed by atoms with Crippen molar-refractivity contribution in [2.75, 3.05) is 7.11 Å². The fourth-order valence-electron chi connectivity index (χ4n) is 1.42. The molecule has 0 saturated carbocycles. The molecule has 0 aromatic carbocycles. The molecule has 100 valence electrons. The number of ether oxygens (including phenoxy) is 1. The number of allylic oxidation sites excluding steroid dienone is 1. The Bertz CT molecular complexity index is 290. The molecule has 0 aliphatic heterocycles. The molecule has 0 heterocycles. The molecule has 0 aromatic heterocycles. The van der Waals surface area contributed by atoms with Gasteiger partial charge < -0.3 is 16.2 Å². The minimum atomic E-state index is -4.60. The van der Waals surface area contributed by atoms with Crippen LogP contribution in [0.5, 0.6) is 0 Å². The zero-order valence-corrected chi connectivity index (χ0v) is 9.75. The Labute approximate surface area is 97.8 Å². The van der Waals surface area contributed by atoms with E-state index < -0.39 is 29.8 Å². The van der Waals surface area contributed by atoms with Gasteiger partial charge in [-0.1, -0.05) is 13.3 Å². The van der Waals surface area contributed by atoms with Crippen molar-refractivity contribution in [1.29, 1.82) is 0 Å². The van der Waals surface area contributed by atoms with Gasteiger partial charge in [-0.2, -0.15) is 13.2 Å². The van der Waals surface area contributed by atoms with Gasteiger partial charge in [-0.3, -0.25) is 4.79 Å². The van der Waals surface area contributed by atoms with E-state index in [2.05, 4.69) is 0 Å². The molecule has 0 fully saturated rings. The number of rotatable bonds is 6. The molecule has 2 atom stereocenters. The third kappa shape index (κ3) is 5.58. The molecule has 0 aromatic rings. The Morgan fingerprint density at radius 1 is 1.41 bits per heavy atom. The van der Waals surface area contributed by atoms with Crippen LogP contribution in [0.2, 0.25) is 0 Å². The van der Waals surface area contributed by atoms with Gasteiger partial charge in [0.2, 0.25) is 5.91 Å². The number of carbonyl (C=O) groups excluding carboxylic acids is 1. The molecule has 0 radical (unpaired) electrons.